The summed E-state index contributed by atoms with van der Waals surface area (Å²) < 4.78 is 0. The van der Waals surface area contributed by atoms with Gasteiger partial charge in [0.1, 0.15) is 0 Å². The molecule has 5 heteroatoms. The highest BCUT2D eigenvalue weighted by Gasteiger charge is 2.38. The zero-order valence-electron chi connectivity index (χ0n) is 18.1. The van der Waals surface area contributed by atoms with E-state index in [0.29, 0.717) is 17.8 Å². The first kappa shape index (κ1) is 21.6. The maximum atomic E-state index is 10.5. The monoisotopic (exact) mass is 396 g/mol. The molecule has 1 aromatic rings. The molecule has 2 bridgehead atoms. The summed E-state index contributed by atoms with van der Waals surface area (Å²) in [5, 5.41) is 14.4. The second-order valence-corrected chi connectivity index (χ2v) is 9.63. The Hall–Kier alpha value is -2.14. The number of hydrogen-bond donors (Lipinski definition) is 4. The minimum atomic E-state index is 0.217. The van der Waals surface area contributed by atoms with Gasteiger partial charge in [0.05, 0.1) is 5.71 Å². The second kappa shape index (κ2) is 9.12. The smallest absolute Gasteiger partial charge is 0.211 e. The predicted octanol–water partition coefficient (Wildman–Crippen LogP) is 4.44. The van der Waals surface area contributed by atoms with Crippen molar-refractivity contribution in [1.29, 1.82) is 5.41 Å². The molecule has 0 radical (unpaired) electrons. The summed E-state index contributed by atoms with van der Waals surface area (Å²) >= 11 is 0. The van der Waals surface area contributed by atoms with Crippen LogP contribution >= 0.6 is 0 Å². The van der Waals surface area contributed by atoms with Gasteiger partial charge >= 0.3 is 0 Å². The van der Waals surface area contributed by atoms with Gasteiger partial charge in [0.2, 0.25) is 6.41 Å². The highest BCUT2D eigenvalue weighted by molar-refractivity contribution is 6.11. The summed E-state index contributed by atoms with van der Waals surface area (Å²) in [5.41, 5.74) is 10.1. The van der Waals surface area contributed by atoms with E-state index in [1.807, 2.05) is 12.1 Å². The molecule has 0 spiro atoms. The van der Waals surface area contributed by atoms with E-state index in [1.165, 1.54) is 25.7 Å². The molecular weight excluding hydrogens is 360 g/mol. The fourth-order valence-corrected chi connectivity index (χ4v) is 5.23. The molecule has 2 saturated carbocycles. The number of anilines is 1. The van der Waals surface area contributed by atoms with Crippen LogP contribution in [0.5, 0.6) is 0 Å². The quantitative estimate of drug-likeness (QED) is 0.438. The molecule has 0 aliphatic heterocycles. The summed E-state index contributed by atoms with van der Waals surface area (Å²) in [4.78, 5) is 10.5. The van der Waals surface area contributed by atoms with Gasteiger partial charge in [0.25, 0.3) is 0 Å². The summed E-state index contributed by atoms with van der Waals surface area (Å²) in [6, 6.07) is 8.19. The zero-order valence-corrected chi connectivity index (χ0v) is 18.1. The number of benzene rings is 1. The fraction of sp³-hybridized carbons (Fsp3) is 0.583. The Kier molecular flexibility index (Phi) is 6.78. The normalized spacial score (nSPS) is 27.2. The predicted molar refractivity (Wildman–Crippen MR) is 120 cm³/mol. The van der Waals surface area contributed by atoms with Crippen molar-refractivity contribution in [2.75, 3.05) is 12.4 Å². The maximum Gasteiger partial charge on any atom is 0.211 e. The van der Waals surface area contributed by atoms with Crippen LogP contribution in [0, 0.1) is 22.7 Å². The highest BCUT2D eigenvalue weighted by atomic mass is 16.1. The molecule has 158 valence electrons. The van der Waals surface area contributed by atoms with E-state index in [0.717, 1.165) is 54.0 Å². The molecular formula is C24H36N4O. The number of fused-ring (bicyclic) bond motifs is 2. The minimum absolute atomic E-state index is 0.217. The molecule has 5 N–H and O–H groups in total. The van der Waals surface area contributed by atoms with E-state index < -0.39 is 0 Å². The molecule has 3 atom stereocenters. The van der Waals surface area contributed by atoms with Gasteiger partial charge in [-0.2, -0.15) is 0 Å². The lowest BCUT2D eigenvalue weighted by atomic mass is 9.75. The molecule has 5 nitrogen and oxygen atoms in total. The van der Waals surface area contributed by atoms with Crippen molar-refractivity contribution < 1.29 is 4.79 Å². The van der Waals surface area contributed by atoms with Crippen LogP contribution in [0.25, 0.3) is 0 Å². The first-order valence-electron chi connectivity index (χ1n) is 10.9. The molecule has 1 aromatic carbocycles. The molecule has 0 heterocycles. The van der Waals surface area contributed by atoms with Crippen LogP contribution < -0.4 is 16.4 Å². The topological polar surface area (TPSA) is 91.0 Å². The van der Waals surface area contributed by atoms with Crippen LogP contribution in [-0.2, 0) is 4.79 Å². The average molecular weight is 397 g/mol. The Labute approximate surface area is 175 Å². The number of carbonyl (C=O) groups is 1. The third-order valence-corrected chi connectivity index (χ3v) is 6.90. The molecule has 4 rings (SSSR count). The standard InChI is InChI=1S/C16H21N3O.C8H15N/c1-16(2)7-6-13(14(17)9-16)15(18)11-4-3-5-12(8-11)19-10-20;1-9-8-5-6-2-3-7(8)4-6/h3-5,8,10,18H,6-7,9,17H2,1-2H3,(H,19,20);6-9H,2-5H2,1H3/t;6-,7+,8?/m.1/s1. The lowest BCUT2D eigenvalue weighted by Crippen LogP contribution is -2.30. The summed E-state index contributed by atoms with van der Waals surface area (Å²) in [7, 11) is 2.10. The fourth-order valence-electron chi connectivity index (χ4n) is 5.23. The molecule has 3 aliphatic rings. The van der Waals surface area contributed by atoms with Crippen LogP contribution in [0.2, 0.25) is 0 Å². The molecule has 1 unspecified atom stereocenters. The van der Waals surface area contributed by atoms with Gasteiger partial charge in [-0.3, -0.25) is 10.2 Å². The maximum absolute atomic E-state index is 10.5. The number of nitrogens with two attached hydrogens (primary N) is 1. The van der Waals surface area contributed by atoms with Crippen molar-refractivity contribution >= 4 is 17.8 Å². The molecule has 1 amide bonds. The van der Waals surface area contributed by atoms with E-state index >= 15 is 0 Å². The minimum Gasteiger partial charge on any atom is -0.402 e. The van der Waals surface area contributed by atoms with Gasteiger partial charge in [-0.25, -0.2) is 0 Å². The Morgan fingerprint density at radius 2 is 2.07 bits per heavy atom. The van der Waals surface area contributed by atoms with Crippen molar-refractivity contribution in [1.82, 2.24) is 5.32 Å². The van der Waals surface area contributed by atoms with E-state index in [2.05, 4.69) is 31.5 Å². The Balaban J connectivity index is 0.000000220. The Morgan fingerprint density at radius 3 is 2.62 bits per heavy atom. The van der Waals surface area contributed by atoms with Crippen LogP contribution in [0.4, 0.5) is 5.69 Å². The number of carbonyl (C=O) groups excluding carboxylic acids is 1. The van der Waals surface area contributed by atoms with Gasteiger partial charge in [0, 0.05) is 23.0 Å². The van der Waals surface area contributed by atoms with Gasteiger partial charge in [-0.1, -0.05) is 32.4 Å². The first-order valence-corrected chi connectivity index (χ1v) is 10.9. The lowest BCUT2D eigenvalue weighted by Gasteiger charge is -2.31. The largest absolute Gasteiger partial charge is 0.402 e. The number of allylic oxidation sites excluding steroid dienone is 2. The van der Waals surface area contributed by atoms with Crippen LogP contribution in [-0.4, -0.2) is 25.2 Å². The number of amides is 1. The molecule has 0 aromatic heterocycles. The first-order chi connectivity index (χ1) is 13.8. The van der Waals surface area contributed by atoms with Crippen LogP contribution in [0.3, 0.4) is 0 Å². The average Bonchev–Trinajstić information content (AvgIpc) is 3.31. The van der Waals surface area contributed by atoms with E-state index in [9.17, 15) is 4.79 Å². The number of hydrogen-bond acceptors (Lipinski definition) is 4. The van der Waals surface area contributed by atoms with Gasteiger partial charge in [0.15, 0.2) is 0 Å². The molecule has 29 heavy (non-hydrogen) atoms. The summed E-state index contributed by atoms with van der Waals surface area (Å²) in [6.45, 7) is 4.41. The van der Waals surface area contributed by atoms with E-state index in [1.54, 1.807) is 12.1 Å². The van der Waals surface area contributed by atoms with E-state index in [4.69, 9.17) is 11.1 Å². The third-order valence-electron chi connectivity index (χ3n) is 6.90. The van der Waals surface area contributed by atoms with Crippen LogP contribution in [0.15, 0.2) is 35.5 Å². The SMILES string of the molecule is CC1(C)CCC(C(=N)c2cccc(NC=O)c2)=C(N)C1.CNC1C[C@@H]2CC[C@H]1C2. The van der Waals surface area contributed by atoms with Crippen molar-refractivity contribution in [3.8, 4) is 0 Å². The van der Waals surface area contributed by atoms with E-state index in [-0.39, 0.29) is 5.41 Å². The lowest BCUT2D eigenvalue weighted by molar-refractivity contribution is -0.105. The molecule has 3 aliphatic carbocycles. The van der Waals surface area contributed by atoms with Crippen molar-refractivity contribution in [3.05, 3.63) is 41.1 Å². The van der Waals surface area contributed by atoms with Gasteiger partial charge in [-0.15, -0.1) is 0 Å². The van der Waals surface area contributed by atoms with Crippen molar-refractivity contribution in [3.63, 3.8) is 0 Å². The van der Waals surface area contributed by atoms with Gasteiger partial charge < -0.3 is 16.4 Å². The molecule has 2 fully saturated rings. The number of nitrogens with one attached hydrogen (secondary N) is 3. The number of rotatable bonds is 5. The van der Waals surface area contributed by atoms with Crippen molar-refractivity contribution in [2.24, 2.45) is 23.0 Å². The van der Waals surface area contributed by atoms with Crippen LogP contribution in [0.1, 0.15) is 64.4 Å². The van der Waals surface area contributed by atoms with Gasteiger partial charge in [-0.05, 0) is 80.5 Å². The summed E-state index contributed by atoms with van der Waals surface area (Å²) in [6.07, 6.45) is 9.34. The second-order valence-electron chi connectivity index (χ2n) is 9.63. The highest BCUT2D eigenvalue weighted by Crippen LogP contribution is 2.44. The Bertz CT molecular complexity index is 783. The zero-order chi connectivity index (χ0) is 21.0. The van der Waals surface area contributed by atoms with Crippen molar-refractivity contribution in [2.45, 2.75) is 64.8 Å². The molecule has 0 saturated heterocycles. The Morgan fingerprint density at radius 1 is 1.28 bits per heavy atom. The third kappa shape index (κ3) is 5.27. The summed E-state index contributed by atoms with van der Waals surface area (Å²) in [5.74, 6) is 2.13.